The Labute approximate surface area is 115 Å². The van der Waals surface area contributed by atoms with Gasteiger partial charge in [0.25, 0.3) is 0 Å². The molecule has 0 aromatic heterocycles. The lowest BCUT2D eigenvalue weighted by Gasteiger charge is -2.08. The van der Waals surface area contributed by atoms with Gasteiger partial charge in [-0.05, 0) is 30.2 Å². The molecule has 98 valence electrons. The molecule has 0 heterocycles. The first-order valence-electron chi connectivity index (χ1n) is 5.75. The van der Waals surface area contributed by atoms with E-state index in [-0.39, 0.29) is 11.8 Å². The second kappa shape index (κ2) is 7.16. The number of aryl methyl sites for hydroxylation is 1. The van der Waals surface area contributed by atoms with Crippen LogP contribution in [0.15, 0.2) is 22.7 Å². The Morgan fingerprint density at radius 1 is 1.22 bits per heavy atom. The van der Waals surface area contributed by atoms with Crippen molar-refractivity contribution < 1.29 is 9.59 Å². The highest BCUT2D eigenvalue weighted by atomic mass is 79.9. The summed E-state index contributed by atoms with van der Waals surface area (Å²) in [5.41, 5.74) is 2.09. The summed E-state index contributed by atoms with van der Waals surface area (Å²) in [6, 6.07) is 5.88. The number of nitrogens with one attached hydrogen (secondary N) is 2. The summed E-state index contributed by atoms with van der Waals surface area (Å²) < 4.78 is 0.967. The van der Waals surface area contributed by atoms with Gasteiger partial charge in [-0.3, -0.25) is 9.59 Å². The minimum atomic E-state index is -0.0907. The fourth-order valence-electron chi connectivity index (χ4n) is 1.51. The molecule has 0 unspecified atom stereocenters. The standard InChI is InChI=1S/C13H17BrN2O2/c1-9-3-4-12(14)7-11(9)8-13(18)16-6-5-15-10(2)17/h3-4,7H,5-6,8H2,1-2H3,(H,15,17)(H,16,18). The number of carbonyl (C=O) groups is 2. The first-order valence-corrected chi connectivity index (χ1v) is 6.54. The second-order valence-electron chi connectivity index (χ2n) is 4.08. The summed E-state index contributed by atoms with van der Waals surface area (Å²) in [7, 11) is 0. The SMILES string of the molecule is CC(=O)NCCNC(=O)Cc1cc(Br)ccc1C. The first-order chi connectivity index (χ1) is 8.49. The summed E-state index contributed by atoms with van der Waals surface area (Å²) in [5, 5.41) is 5.39. The summed E-state index contributed by atoms with van der Waals surface area (Å²) in [4.78, 5) is 22.3. The molecule has 1 aromatic carbocycles. The van der Waals surface area contributed by atoms with Crippen LogP contribution >= 0.6 is 15.9 Å². The van der Waals surface area contributed by atoms with E-state index in [4.69, 9.17) is 0 Å². The summed E-state index contributed by atoms with van der Waals surface area (Å²) >= 11 is 3.39. The molecule has 2 amide bonds. The van der Waals surface area contributed by atoms with Crippen molar-refractivity contribution in [3.05, 3.63) is 33.8 Å². The van der Waals surface area contributed by atoms with Crippen LogP contribution in [0.1, 0.15) is 18.1 Å². The third-order valence-electron chi connectivity index (χ3n) is 2.48. The molecular weight excluding hydrogens is 296 g/mol. The van der Waals surface area contributed by atoms with Gasteiger partial charge in [0.1, 0.15) is 0 Å². The topological polar surface area (TPSA) is 58.2 Å². The molecule has 0 saturated heterocycles. The van der Waals surface area contributed by atoms with Crippen molar-refractivity contribution in [1.29, 1.82) is 0 Å². The lowest BCUT2D eigenvalue weighted by atomic mass is 10.1. The van der Waals surface area contributed by atoms with Crippen molar-refractivity contribution in [3.8, 4) is 0 Å². The second-order valence-corrected chi connectivity index (χ2v) is 5.00. The molecule has 2 N–H and O–H groups in total. The van der Waals surface area contributed by atoms with Crippen molar-refractivity contribution in [2.45, 2.75) is 20.3 Å². The van der Waals surface area contributed by atoms with E-state index in [0.29, 0.717) is 19.5 Å². The van der Waals surface area contributed by atoms with Crippen LogP contribution in [0.5, 0.6) is 0 Å². The Bertz CT molecular complexity index is 447. The van der Waals surface area contributed by atoms with Gasteiger partial charge >= 0.3 is 0 Å². The zero-order chi connectivity index (χ0) is 13.5. The summed E-state index contributed by atoms with van der Waals surface area (Å²) in [5.74, 6) is -0.131. The van der Waals surface area contributed by atoms with E-state index in [1.807, 2.05) is 25.1 Å². The van der Waals surface area contributed by atoms with Gasteiger partial charge in [0.2, 0.25) is 11.8 Å². The van der Waals surface area contributed by atoms with Crippen LogP contribution in [0.2, 0.25) is 0 Å². The average Bonchev–Trinajstić information content (AvgIpc) is 2.29. The van der Waals surface area contributed by atoms with E-state index in [1.165, 1.54) is 6.92 Å². The van der Waals surface area contributed by atoms with Gasteiger partial charge in [0.05, 0.1) is 6.42 Å². The maximum Gasteiger partial charge on any atom is 0.224 e. The fourth-order valence-corrected chi connectivity index (χ4v) is 1.91. The van der Waals surface area contributed by atoms with Crippen molar-refractivity contribution in [1.82, 2.24) is 10.6 Å². The number of carbonyl (C=O) groups excluding carboxylic acids is 2. The highest BCUT2D eigenvalue weighted by molar-refractivity contribution is 9.10. The smallest absolute Gasteiger partial charge is 0.224 e. The number of hydrogen-bond donors (Lipinski definition) is 2. The van der Waals surface area contributed by atoms with E-state index in [9.17, 15) is 9.59 Å². The molecule has 0 aliphatic rings. The number of rotatable bonds is 5. The van der Waals surface area contributed by atoms with Crippen LogP contribution in [-0.4, -0.2) is 24.9 Å². The van der Waals surface area contributed by atoms with Gasteiger partial charge in [0.15, 0.2) is 0 Å². The Hall–Kier alpha value is -1.36. The van der Waals surface area contributed by atoms with Gasteiger partial charge in [-0.1, -0.05) is 22.0 Å². The number of amides is 2. The molecule has 0 radical (unpaired) electrons. The zero-order valence-corrected chi connectivity index (χ0v) is 12.1. The molecule has 0 fully saturated rings. The Morgan fingerprint density at radius 2 is 1.89 bits per heavy atom. The highest BCUT2D eigenvalue weighted by Crippen LogP contribution is 2.16. The predicted octanol–water partition coefficient (Wildman–Crippen LogP) is 1.55. The number of benzene rings is 1. The molecule has 0 atom stereocenters. The Morgan fingerprint density at radius 3 is 2.56 bits per heavy atom. The third-order valence-corrected chi connectivity index (χ3v) is 2.98. The number of hydrogen-bond acceptors (Lipinski definition) is 2. The lowest BCUT2D eigenvalue weighted by Crippen LogP contribution is -2.34. The van der Waals surface area contributed by atoms with Crippen molar-refractivity contribution >= 4 is 27.7 Å². The normalized spacial score (nSPS) is 9.94. The van der Waals surface area contributed by atoms with Crippen LogP contribution in [0.4, 0.5) is 0 Å². The van der Waals surface area contributed by atoms with Crippen LogP contribution in [-0.2, 0) is 16.0 Å². The van der Waals surface area contributed by atoms with Crippen LogP contribution in [0.25, 0.3) is 0 Å². The summed E-state index contributed by atoms with van der Waals surface area (Å²) in [6.45, 7) is 4.34. The largest absolute Gasteiger partial charge is 0.355 e. The molecule has 1 rings (SSSR count). The van der Waals surface area contributed by atoms with Crippen molar-refractivity contribution in [2.75, 3.05) is 13.1 Å². The lowest BCUT2D eigenvalue weighted by molar-refractivity contribution is -0.121. The fraction of sp³-hybridized carbons (Fsp3) is 0.385. The minimum Gasteiger partial charge on any atom is -0.355 e. The van der Waals surface area contributed by atoms with Gasteiger partial charge in [0, 0.05) is 24.5 Å². The quantitative estimate of drug-likeness (QED) is 0.811. The minimum absolute atomic E-state index is 0.0402. The third kappa shape index (κ3) is 5.31. The Balaban J connectivity index is 2.40. The average molecular weight is 313 g/mol. The maximum absolute atomic E-state index is 11.7. The van der Waals surface area contributed by atoms with E-state index in [1.54, 1.807) is 0 Å². The van der Waals surface area contributed by atoms with Gasteiger partial charge in [-0.25, -0.2) is 0 Å². The molecule has 18 heavy (non-hydrogen) atoms. The molecule has 0 spiro atoms. The first kappa shape index (κ1) is 14.7. The molecule has 0 aliphatic heterocycles. The van der Waals surface area contributed by atoms with Crippen LogP contribution in [0.3, 0.4) is 0 Å². The molecular formula is C13H17BrN2O2. The van der Waals surface area contributed by atoms with E-state index in [0.717, 1.165) is 15.6 Å². The zero-order valence-electron chi connectivity index (χ0n) is 10.5. The van der Waals surface area contributed by atoms with Crippen molar-refractivity contribution in [3.63, 3.8) is 0 Å². The van der Waals surface area contributed by atoms with E-state index >= 15 is 0 Å². The predicted molar refractivity (Wildman–Crippen MR) is 74.3 cm³/mol. The molecule has 5 heteroatoms. The number of halogens is 1. The van der Waals surface area contributed by atoms with Crippen LogP contribution < -0.4 is 10.6 Å². The van der Waals surface area contributed by atoms with Gasteiger partial charge in [-0.2, -0.15) is 0 Å². The highest BCUT2D eigenvalue weighted by Gasteiger charge is 2.06. The molecule has 0 saturated carbocycles. The van der Waals surface area contributed by atoms with E-state index in [2.05, 4.69) is 26.6 Å². The van der Waals surface area contributed by atoms with Crippen molar-refractivity contribution in [2.24, 2.45) is 0 Å². The Kier molecular flexibility index (Phi) is 5.85. The maximum atomic E-state index is 11.7. The van der Waals surface area contributed by atoms with E-state index < -0.39 is 0 Å². The molecule has 4 nitrogen and oxygen atoms in total. The molecule has 0 aliphatic carbocycles. The van der Waals surface area contributed by atoms with Crippen LogP contribution in [0, 0.1) is 6.92 Å². The van der Waals surface area contributed by atoms with Gasteiger partial charge in [-0.15, -0.1) is 0 Å². The molecule has 1 aromatic rings. The van der Waals surface area contributed by atoms with Gasteiger partial charge < -0.3 is 10.6 Å². The summed E-state index contributed by atoms with van der Waals surface area (Å²) in [6.07, 6.45) is 0.353. The molecule has 0 bridgehead atoms. The monoisotopic (exact) mass is 312 g/mol.